The van der Waals surface area contributed by atoms with Crippen molar-refractivity contribution >= 4 is 50.8 Å². The lowest BCUT2D eigenvalue weighted by atomic mass is 10.1. The molecule has 0 amide bonds. The Morgan fingerprint density at radius 3 is 2.39 bits per heavy atom. The van der Waals surface area contributed by atoms with Gasteiger partial charge in [0.15, 0.2) is 5.82 Å². The maximum Gasteiger partial charge on any atom is 0.279 e. The highest BCUT2D eigenvalue weighted by molar-refractivity contribution is 7.99. The van der Waals surface area contributed by atoms with Crippen LogP contribution >= 0.6 is 35.0 Å². The lowest BCUT2D eigenvalue weighted by Crippen LogP contribution is -2.45. The fraction of sp³-hybridized carbons (Fsp3) is 0.261. The molecule has 0 spiro atoms. The summed E-state index contributed by atoms with van der Waals surface area (Å²) >= 11 is 13.7. The Kier molecular flexibility index (Phi) is 9.43. The first-order chi connectivity index (χ1) is 15.8. The number of anilines is 1. The number of rotatable bonds is 11. The van der Waals surface area contributed by atoms with Crippen LogP contribution in [-0.2, 0) is 16.4 Å². The molecule has 33 heavy (non-hydrogen) atoms. The van der Waals surface area contributed by atoms with Gasteiger partial charge in [-0.25, -0.2) is 10.4 Å². The van der Waals surface area contributed by atoms with Gasteiger partial charge in [0.05, 0.1) is 4.90 Å². The first-order valence-electron chi connectivity index (χ1n) is 10.3. The van der Waals surface area contributed by atoms with Crippen molar-refractivity contribution < 1.29 is 8.42 Å². The quantitative estimate of drug-likeness (QED) is 0.216. The summed E-state index contributed by atoms with van der Waals surface area (Å²) in [6.45, 7) is 1.10. The monoisotopic (exact) mass is 524 g/mol. The largest absolute Gasteiger partial charge is 0.309 e. The fourth-order valence-corrected chi connectivity index (χ4v) is 5.67. The van der Waals surface area contributed by atoms with Crippen molar-refractivity contribution in [1.82, 2.24) is 15.3 Å². The molecule has 6 nitrogen and oxygen atoms in total. The van der Waals surface area contributed by atoms with Crippen LogP contribution in [0.2, 0.25) is 10.0 Å². The average molecular weight is 526 g/mol. The molecule has 0 radical (unpaired) electrons. The van der Waals surface area contributed by atoms with Gasteiger partial charge in [-0.05, 0) is 80.7 Å². The van der Waals surface area contributed by atoms with Crippen molar-refractivity contribution in [2.75, 3.05) is 37.4 Å². The van der Waals surface area contributed by atoms with Crippen LogP contribution in [0, 0.1) is 0 Å². The highest BCUT2D eigenvalue weighted by Gasteiger charge is 2.28. The molecule has 0 aliphatic heterocycles. The molecule has 3 aromatic rings. The van der Waals surface area contributed by atoms with E-state index in [4.69, 9.17) is 23.2 Å². The predicted molar refractivity (Wildman–Crippen MR) is 138 cm³/mol. The van der Waals surface area contributed by atoms with E-state index in [0.29, 0.717) is 46.7 Å². The fourth-order valence-electron chi connectivity index (χ4n) is 3.05. The van der Waals surface area contributed by atoms with E-state index in [1.165, 1.54) is 0 Å². The molecule has 0 atom stereocenters. The number of nitrogens with zero attached hydrogens (tertiary/aromatic N) is 3. The van der Waals surface area contributed by atoms with Crippen LogP contribution in [0.4, 0.5) is 5.82 Å². The molecular weight excluding hydrogens is 499 g/mol. The molecular formula is C23H26Cl2N4O2S2. The maximum absolute atomic E-state index is 13.8. The van der Waals surface area contributed by atoms with E-state index in [1.54, 1.807) is 54.4 Å². The SMILES string of the molecule is CN(C)CCc1cc(Cl)ccc1S(=O)(=O)N(NCCSc1ccc(Cl)cc1)c1ccccn1. The lowest BCUT2D eigenvalue weighted by Gasteiger charge is -2.25. The summed E-state index contributed by atoms with van der Waals surface area (Å²) < 4.78 is 28.7. The Morgan fingerprint density at radius 2 is 1.73 bits per heavy atom. The Morgan fingerprint density at radius 1 is 1.00 bits per heavy atom. The summed E-state index contributed by atoms with van der Waals surface area (Å²) in [5.74, 6) is 0.941. The second-order valence-electron chi connectivity index (χ2n) is 7.47. The number of likely N-dealkylation sites (N-methyl/N-ethyl adjacent to an activating group) is 1. The molecule has 1 N–H and O–H groups in total. The van der Waals surface area contributed by atoms with E-state index < -0.39 is 10.0 Å². The van der Waals surface area contributed by atoms with Gasteiger partial charge in [0.25, 0.3) is 10.0 Å². The van der Waals surface area contributed by atoms with E-state index >= 15 is 0 Å². The minimum atomic E-state index is -3.94. The zero-order chi connectivity index (χ0) is 23.8. The van der Waals surface area contributed by atoms with Crippen molar-refractivity contribution in [3.8, 4) is 0 Å². The standard InChI is InChI=1S/C23H26Cl2N4O2S2/c1-28(2)15-12-18-17-20(25)8-11-22(18)33(30,31)29(23-5-3-4-13-26-23)27-14-16-32-21-9-6-19(24)7-10-21/h3-11,13,17,27H,12,14-16H2,1-2H3. The van der Waals surface area contributed by atoms with Gasteiger partial charge >= 0.3 is 0 Å². The van der Waals surface area contributed by atoms with E-state index in [0.717, 1.165) is 9.31 Å². The van der Waals surface area contributed by atoms with Crippen molar-refractivity contribution in [2.45, 2.75) is 16.2 Å². The zero-order valence-electron chi connectivity index (χ0n) is 18.4. The van der Waals surface area contributed by atoms with Gasteiger partial charge in [0, 0.05) is 40.0 Å². The Hall–Kier alpha value is -1.81. The minimum absolute atomic E-state index is 0.206. The average Bonchev–Trinajstić information content (AvgIpc) is 2.79. The van der Waals surface area contributed by atoms with Gasteiger partial charge in [-0.1, -0.05) is 29.3 Å². The first-order valence-corrected chi connectivity index (χ1v) is 13.5. The number of hydrogen-bond donors (Lipinski definition) is 1. The van der Waals surface area contributed by atoms with Gasteiger partial charge in [-0.2, -0.15) is 12.8 Å². The number of thioether (sulfide) groups is 1. The summed E-state index contributed by atoms with van der Waals surface area (Å²) in [4.78, 5) is 7.53. The van der Waals surface area contributed by atoms with Gasteiger partial charge in [-0.15, -0.1) is 11.8 Å². The number of hydrazine groups is 1. The van der Waals surface area contributed by atoms with Gasteiger partial charge in [-0.3, -0.25) is 0 Å². The van der Waals surface area contributed by atoms with Crippen LogP contribution in [0.15, 0.2) is 76.7 Å². The summed E-state index contributed by atoms with van der Waals surface area (Å²) in [7, 11) is -0.0577. The number of benzene rings is 2. The van der Waals surface area contributed by atoms with Gasteiger partial charge < -0.3 is 4.90 Å². The van der Waals surface area contributed by atoms with Crippen molar-refractivity contribution in [3.05, 3.63) is 82.5 Å². The van der Waals surface area contributed by atoms with Crippen molar-refractivity contribution in [3.63, 3.8) is 0 Å². The molecule has 2 aromatic carbocycles. The molecule has 1 heterocycles. The molecule has 0 aliphatic carbocycles. The molecule has 10 heteroatoms. The van der Waals surface area contributed by atoms with E-state index in [1.807, 2.05) is 43.3 Å². The topological polar surface area (TPSA) is 65.5 Å². The molecule has 0 saturated heterocycles. The smallest absolute Gasteiger partial charge is 0.279 e. The third-order valence-electron chi connectivity index (χ3n) is 4.67. The highest BCUT2D eigenvalue weighted by atomic mass is 35.5. The van der Waals surface area contributed by atoms with E-state index in [-0.39, 0.29) is 4.90 Å². The molecule has 0 aliphatic rings. The van der Waals surface area contributed by atoms with E-state index in [2.05, 4.69) is 10.4 Å². The van der Waals surface area contributed by atoms with Crippen molar-refractivity contribution in [2.24, 2.45) is 0 Å². The highest BCUT2D eigenvalue weighted by Crippen LogP contribution is 2.26. The molecule has 0 bridgehead atoms. The molecule has 176 valence electrons. The predicted octanol–water partition coefficient (Wildman–Crippen LogP) is 4.98. The third kappa shape index (κ3) is 7.34. The molecule has 0 fully saturated rings. The number of sulfonamides is 1. The Balaban J connectivity index is 1.83. The number of nitrogens with one attached hydrogen (secondary N) is 1. The molecule has 0 unspecified atom stereocenters. The van der Waals surface area contributed by atoms with Crippen LogP contribution in [0.5, 0.6) is 0 Å². The maximum atomic E-state index is 13.8. The number of pyridine rings is 1. The van der Waals surface area contributed by atoms with Crippen molar-refractivity contribution in [1.29, 1.82) is 0 Å². The molecule has 3 rings (SSSR count). The molecule has 1 aromatic heterocycles. The normalized spacial score (nSPS) is 11.7. The zero-order valence-corrected chi connectivity index (χ0v) is 21.6. The minimum Gasteiger partial charge on any atom is -0.309 e. The molecule has 0 saturated carbocycles. The van der Waals surface area contributed by atoms with Gasteiger partial charge in [0.2, 0.25) is 0 Å². The first kappa shape index (κ1) is 25.8. The Labute approximate surface area is 209 Å². The van der Waals surface area contributed by atoms with Crippen LogP contribution in [-0.4, -0.2) is 51.2 Å². The number of aromatic nitrogens is 1. The summed E-state index contributed by atoms with van der Waals surface area (Å²) in [5.41, 5.74) is 3.72. The number of hydrogen-bond acceptors (Lipinski definition) is 6. The second kappa shape index (κ2) is 12.1. The third-order valence-corrected chi connectivity index (χ3v) is 7.92. The number of halogens is 2. The summed E-state index contributed by atoms with van der Waals surface area (Å²) in [6, 6.07) is 17.6. The van der Waals surface area contributed by atoms with Crippen LogP contribution in [0.25, 0.3) is 0 Å². The van der Waals surface area contributed by atoms with Crippen LogP contribution in [0.1, 0.15) is 5.56 Å². The second-order valence-corrected chi connectivity index (χ2v) is 11.3. The van der Waals surface area contributed by atoms with Crippen LogP contribution < -0.4 is 9.84 Å². The summed E-state index contributed by atoms with van der Waals surface area (Å²) in [5, 5.41) is 1.18. The Bertz CT molecular complexity index is 1140. The van der Waals surface area contributed by atoms with Gasteiger partial charge in [0.1, 0.15) is 0 Å². The lowest BCUT2D eigenvalue weighted by molar-refractivity contribution is 0.412. The summed E-state index contributed by atoms with van der Waals surface area (Å²) in [6.07, 6.45) is 2.11. The van der Waals surface area contributed by atoms with Crippen LogP contribution in [0.3, 0.4) is 0 Å². The van der Waals surface area contributed by atoms with E-state index in [9.17, 15) is 8.42 Å².